The van der Waals surface area contributed by atoms with Crippen LogP contribution in [0.2, 0.25) is 0 Å². The minimum atomic E-state index is 0.0707. The second-order valence-corrected chi connectivity index (χ2v) is 5.49. The highest BCUT2D eigenvalue weighted by atomic mass is 35.5. The van der Waals surface area contributed by atoms with Gasteiger partial charge in [-0.05, 0) is 39.0 Å². The van der Waals surface area contributed by atoms with Gasteiger partial charge in [-0.3, -0.25) is 0 Å². The van der Waals surface area contributed by atoms with Gasteiger partial charge in [-0.15, -0.1) is 11.6 Å². The second-order valence-electron chi connectivity index (χ2n) is 4.99. The maximum absolute atomic E-state index is 6.28. The van der Waals surface area contributed by atoms with E-state index in [-0.39, 0.29) is 11.5 Å². The van der Waals surface area contributed by atoms with Crippen molar-refractivity contribution in [2.75, 3.05) is 6.61 Å². The van der Waals surface area contributed by atoms with E-state index in [1.54, 1.807) is 0 Å². The molecule has 2 aliphatic rings. The number of alkyl halides is 1. The second kappa shape index (κ2) is 5.88. The summed E-state index contributed by atoms with van der Waals surface area (Å²) in [6, 6.07) is 0. The van der Waals surface area contributed by atoms with Gasteiger partial charge in [0.15, 0.2) is 0 Å². The van der Waals surface area contributed by atoms with Crippen molar-refractivity contribution in [1.29, 1.82) is 0 Å². The Morgan fingerprint density at radius 2 is 2.31 bits per heavy atom. The van der Waals surface area contributed by atoms with Gasteiger partial charge in [-0.1, -0.05) is 23.8 Å². The summed E-state index contributed by atoms with van der Waals surface area (Å²) in [6.07, 6.45) is 13.0. The molecule has 0 radical (unpaired) electrons. The van der Waals surface area contributed by atoms with Crippen LogP contribution in [-0.4, -0.2) is 18.1 Å². The molecule has 2 heteroatoms. The highest BCUT2D eigenvalue weighted by molar-refractivity contribution is 6.22. The van der Waals surface area contributed by atoms with E-state index in [1.807, 2.05) is 0 Å². The lowest BCUT2D eigenvalue weighted by Gasteiger charge is -2.27. The molecule has 2 aliphatic carbocycles. The summed E-state index contributed by atoms with van der Waals surface area (Å²) in [5.74, 6) is 0.615. The Morgan fingerprint density at radius 3 is 3.00 bits per heavy atom. The van der Waals surface area contributed by atoms with Gasteiger partial charge in [-0.25, -0.2) is 0 Å². The fourth-order valence-electron chi connectivity index (χ4n) is 2.44. The molecule has 0 aliphatic heterocycles. The van der Waals surface area contributed by atoms with Gasteiger partial charge in [0.05, 0.1) is 18.1 Å². The first-order valence-electron chi connectivity index (χ1n) is 6.35. The van der Waals surface area contributed by atoms with Crippen LogP contribution in [0.1, 0.15) is 39.0 Å². The van der Waals surface area contributed by atoms with Gasteiger partial charge in [0, 0.05) is 5.92 Å². The molecule has 0 fully saturated rings. The number of allylic oxidation sites excluding steroid dienone is 2. The summed E-state index contributed by atoms with van der Waals surface area (Å²) >= 11 is 6.28. The van der Waals surface area contributed by atoms with E-state index in [4.69, 9.17) is 16.3 Å². The molecule has 0 aromatic heterocycles. The van der Waals surface area contributed by atoms with Crippen LogP contribution in [0.4, 0.5) is 0 Å². The minimum Gasteiger partial charge on any atom is -0.376 e. The van der Waals surface area contributed by atoms with Crippen molar-refractivity contribution in [2.45, 2.75) is 50.5 Å². The monoisotopic (exact) mass is 240 g/mol. The fraction of sp³-hybridized carbons (Fsp3) is 0.714. The lowest BCUT2D eigenvalue weighted by atomic mass is 9.95. The topological polar surface area (TPSA) is 9.23 Å². The summed E-state index contributed by atoms with van der Waals surface area (Å²) in [5, 5.41) is 0.0707. The quantitative estimate of drug-likeness (QED) is 0.534. The number of halogens is 1. The van der Waals surface area contributed by atoms with Gasteiger partial charge < -0.3 is 4.74 Å². The van der Waals surface area contributed by atoms with Gasteiger partial charge in [-0.2, -0.15) is 0 Å². The Morgan fingerprint density at radius 1 is 1.44 bits per heavy atom. The molecular weight excluding hydrogens is 220 g/mol. The fourth-order valence-corrected chi connectivity index (χ4v) is 2.85. The van der Waals surface area contributed by atoms with Crippen LogP contribution in [-0.2, 0) is 4.74 Å². The highest BCUT2D eigenvalue weighted by Gasteiger charge is 2.23. The predicted octanol–water partition coefficient (Wildman–Crippen LogP) is 4.08. The third-order valence-electron chi connectivity index (χ3n) is 3.50. The largest absolute Gasteiger partial charge is 0.376 e. The van der Waals surface area contributed by atoms with Crippen LogP contribution in [0.5, 0.6) is 0 Å². The zero-order valence-electron chi connectivity index (χ0n) is 9.99. The molecule has 3 atom stereocenters. The average Bonchev–Trinajstić information content (AvgIpc) is 2.29. The Bertz CT molecular complexity index is 282. The smallest absolute Gasteiger partial charge is 0.0780 e. The number of rotatable bonds is 3. The van der Waals surface area contributed by atoms with Crippen LogP contribution in [0.25, 0.3) is 0 Å². The zero-order valence-corrected chi connectivity index (χ0v) is 10.7. The maximum Gasteiger partial charge on any atom is 0.0780 e. The first-order valence-corrected chi connectivity index (χ1v) is 6.79. The first-order chi connectivity index (χ1) is 7.75. The third kappa shape index (κ3) is 3.36. The van der Waals surface area contributed by atoms with Crippen LogP contribution in [0, 0.1) is 5.92 Å². The Hall–Kier alpha value is -0.270. The van der Waals surface area contributed by atoms with Crippen molar-refractivity contribution in [1.82, 2.24) is 0 Å². The van der Waals surface area contributed by atoms with Crippen molar-refractivity contribution in [2.24, 2.45) is 5.92 Å². The molecule has 0 aromatic rings. The van der Waals surface area contributed by atoms with Crippen LogP contribution < -0.4 is 0 Å². The first kappa shape index (κ1) is 12.2. The Labute approximate surface area is 104 Å². The van der Waals surface area contributed by atoms with Crippen molar-refractivity contribution in [3.05, 3.63) is 23.8 Å². The van der Waals surface area contributed by atoms with E-state index in [2.05, 4.69) is 25.2 Å². The van der Waals surface area contributed by atoms with E-state index >= 15 is 0 Å². The molecule has 0 amide bonds. The summed E-state index contributed by atoms with van der Waals surface area (Å²) in [4.78, 5) is 0. The molecule has 3 unspecified atom stereocenters. The van der Waals surface area contributed by atoms with Crippen LogP contribution in [0.3, 0.4) is 0 Å². The number of hydrogen-bond acceptors (Lipinski definition) is 1. The van der Waals surface area contributed by atoms with Crippen molar-refractivity contribution in [3.8, 4) is 0 Å². The van der Waals surface area contributed by atoms with Gasteiger partial charge in [0.2, 0.25) is 0 Å². The normalized spacial score (nSPS) is 34.9. The SMILES string of the molecule is CC1=CC(Cl)C(OCC2C=CCCC2)CC1. The number of ether oxygens (including phenoxy) is 1. The molecule has 90 valence electrons. The van der Waals surface area contributed by atoms with Crippen LogP contribution >= 0.6 is 11.6 Å². The Kier molecular flexibility index (Phi) is 4.48. The van der Waals surface area contributed by atoms with Crippen LogP contribution in [0.15, 0.2) is 23.8 Å². The van der Waals surface area contributed by atoms with Crippen molar-refractivity contribution < 1.29 is 4.74 Å². The molecule has 0 bridgehead atoms. The van der Waals surface area contributed by atoms with E-state index in [1.165, 1.54) is 24.8 Å². The van der Waals surface area contributed by atoms with E-state index < -0.39 is 0 Å². The van der Waals surface area contributed by atoms with Crippen molar-refractivity contribution in [3.63, 3.8) is 0 Å². The molecule has 0 N–H and O–H groups in total. The highest BCUT2D eigenvalue weighted by Crippen LogP contribution is 2.26. The summed E-state index contributed by atoms with van der Waals surface area (Å²) < 4.78 is 5.96. The molecule has 1 nitrogen and oxygen atoms in total. The lowest BCUT2D eigenvalue weighted by Crippen LogP contribution is -2.28. The van der Waals surface area contributed by atoms with Gasteiger partial charge >= 0.3 is 0 Å². The predicted molar refractivity (Wildman–Crippen MR) is 68.9 cm³/mol. The van der Waals surface area contributed by atoms with Crippen molar-refractivity contribution >= 4 is 11.6 Å². The molecule has 0 heterocycles. The van der Waals surface area contributed by atoms with Gasteiger partial charge in [0.25, 0.3) is 0 Å². The molecule has 0 aromatic carbocycles. The van der Waals surface area contributed by atoms with E-state index in [9.17, 15) is 0 Å². The molecule has 0 saturated heterocycles. The Balaban J connectivity index is 1.77. The molecule has 0 spiro atoms. The zero-order chi connectivity index (χ0) is 11.4. The van der Waals surface area contributed by atoms with Gasteiger partial charge in [0.1, 0.15) is 0 Å². The summed E-state index contributed by atoms with van der Waals surface area (Å²) in [6.45, 7) is 2.99. The minimum absolute atomic E-state index is 0.0707. The van der Waals surface area contributed by atoms with E-state index in [0.717, 1.165) is 19.4 Å². The molecule has 2 rings (SSSR count). The third-order valence-corrected chi connectivity index (χ3v) is 3.91. The van der Waals surface area contributed by atoms with E-state index in [0.29, 0.717) is 5.92 Å². The summed E-state index contributed by atoms with van der Waals surface area (Å²) in [7, 11) is 0. The molecule has 0 saturated carbocycles. The average molecular weight is 241 g/mol. The lowest BCUT2D eigenvalue weighted by molar-refractivity contribution is 0.0316. The molecule has 16 heavy (non-hydrogen) atoms. The maximum atomic E-state index is 6.28. The standard InChI is InChI=1S/C14H21ClO/c1-11-7-8-14(13(15)9-11)16-10-12-5-3-2-4-6-12/h3,5,9,12-14H,2,4,6-8,10H2,1H3. The molecular formula is C14H21ClO. The summed E-state index contributed by atoms with van der Waals surface area (Å²) in [5.41, 5.74) is 1.40. The number of hydrogen-bond donors (Lipinski definition) is 0.